The van der Waals surface area contributed by atoms with Gasteiger partial charge in [-0.25, -0.2) is 10.1 Å². The molecule has 0 aliphatic carbocycles. The van der Waals surface area contributed by atoms with E-state index in [4.69, 9.17) is 11.6 Å². The highest BCUT2D eigenvalue weighted by molar-refractivity contribution is 6.32. The Morgan fingerprint density at radius 3 is 2.57 bits per heavy atom. The second-order valence-electron chi connectivity index (χ2n) is 7.01. The predicted molar refractivity (Wildman–Crippen MR) is 115 cm³/mol. The number of halogens is 1. The number of para-hydroxylation sites is 1. The number of benzene rings is 2. The van der Waals surface area contributed by atoms with Gasteiger partial charge >= 0.3 is 0 Å². The van der Waals surface area contributed by atoms with E-state index in [-0.39, 0.29) is 11.8 Å². The Balaban J connectivity index is 1.50. The lowest BCUT2D eigenvalue weighted by molar-refractivity contribution is -0.133. The van der Waals surface area contributed by atoms with Crippen LogP contribution in [-0.4, -0.2) is 34.4 Å². The van der Waals surface area contributed by atoms with E-state index in [0.29, 0.717) is 23.0 Å². The molecule has 2 heterocycles. The molecule has 2 N–H and O–H groups in total. The van der Waals surface area contributed by atoms with Crippen molar-refractivity contribution in [3.8, 4) is 5.69 Å². The maximum Gasteiger partial charge on any atom is 0.253 e. The van der Waals surface area contributed by atoms with Crippen molar-refractivity contribution in [2.45, 2.75) is 12.8 Å². The van der Waals surface area contributed by atoms with E-state index in [1.807, 2.05) is 67.6 Å². The third-order valence-corrected chi connectivity index (χ3v) is 5.47. The second-order valence-corrected chi connectivity index (χ2v) is 7.37. The van der Waals surface area contributed by atoms with Crippen LogP contribution >= 0.6 is 11.6 Å². The Morgan fingerprint density at radius 2 is 1.87 bits per heavy atom. The number of hydrogen-bond donors (Lipinski definition) is 2. The third-order valence-electron chi connectivity index (χ3n) is 5.11. The fourth-order valence-corrected chi connectivity index (χ4v) is 3.88. The number of nitrogens with zero attached hydrogens (tertiary/aromatic N) is 3. The summed E-state index contributed by atoms with van der Waals surface area (Å²) in [5.74, 6) is -1.84. The predicted octanol–water partition coefficient (Wildman–Crippen LogP) is 2.81. The minimum atomic E-state index is -0.840. The van der Waals surface area contributed by atoms with E-state index in [2.05, 4.69) is 20.9 Å². The largest absolute Gasteiger partial charge is 0.355 e. The number of rotatable bonds is 5. The number of carbonyl (C=O) groups is 2. The van der Waals surface area contributed by atoms with Gasteiger partial charge in [-0.15, -0.1) is 0 Å². The molecule has 1 aliphatic heterocycles. The van der Waals surface area contributed by atoms with Crippen molar-refractivity contribution < 1.29 is 9.59 Å². The molecule has 1 fully saturated rings. The summed E-state index contributed by atoms with van der Waals surface area (Å²) < 4.78 is 1.61. The Morgan fingerprint density at radius 1 is 1.20 bits per heavy atom. The molecule has 3 aromatic rings. The van der Waals surface area contributed by atoms with Crippen LogP contribution in [0.3, 0.4) is 0 Å². The molecule has 1 aliphatic rings. The Hall–Kier alpha value is -3.45. The first-order valence-electron chi connectivity index (χ1n) is 9.52. The third kappa shape index (κ3) is 3.84. The summed E-state index contributed by atoms with van der Waals surface area (Å²) in [7, 11) is 0. The van der Waals surface area contributed by atoms with Gasteiger partial charge in [0.2, 0.25) is 5.91 Å². The molecule has 4 rings (SSSR count). The summed E-state index contributed by atoms with van der Waals surface area (Å²) in [6, 6.07) is 19.0. The molecule has 2 aromatic carbocycles. The molecule has 1 saturated heterocycles. The molecule has 0 saturated carbocycles. The number of hydrogen-bond acceptors (Lipinski definition) is 4. The highest BCUT2D eigenvalue weighted by Crippen LogP contribution is 2.29. The summed E-state index contributed by atoms with van der Waals surface area (Å²) in [5.41, 5.74) is 5.50. The zero-order valence-electron chi connectivity index (χ0n) is 16.2. The Labute approximate surface area is 178 Å². The van der Waals surface area contributed by atoms with Crippen LogP contribution in [0.25, 0.3) is 5.69 Å². The number of aromatic nitrogens is 2. The number of nitrogens with one attached hydrogen (secondary N) is 2. The smallest absolute Gasteiger partial charge is 0.253 e. The minimum Gasteiger partial charge on any atom is -0.355 e. The summed E-state index contributed by atoms with van der Waals surface area (Å²) in [6.45, 7) is 2.23. The summed E-state index contributed by atoms with van der Waals surface area (Å²) in [5, 5.41) is 11.6. The van der Waals surface area contributed by atoms with Crippen molar-refractivity contribution in [2.24, 2.45) is 11.0 Å². The number of amides is 2. The standard InChI is InChI=1S/C22H20ClN5O2/c1-14-17(20(23)28(27-14)16-10-6-3-7-11-16)13-25-26-22(30)19-18(12-24-21(19)29)15-8-4-2-5-9-15/h2-11,13,18-19H,12H2,1H3,(H,24,29)(H,26,30)/b25-13+. The SMILES string of the molecule is Cc1nn(-c2ccccc2)c(Cl)c1/C=N/NC(=O)C1C(=O)NCC1c1ccccc1. The fraction of sp³-hybridized carbons (Fsp3) is 0.182. The Bertz CT molecular complexity index is 1100. The number of aryl methyl sites for hydroxylation is 1. The van der Waals surface area contributed by atoms with E-state index in [1.165, 1.54) is 6.21 Å². The number of hydrazone groups is 1. The highest BCUT2D eigenvalue weighted by Gasteiger charge is 2.40. The molecule has 0 spiro atoms. The molecular formula is C22H20ClN5O2. The normalized spacial score (nSPS) is 18.5. The average molecular weight is 422 g/mol. The molecule has 2 atom stereocenters. The Kier molecular flexibility index (Phi) is 5.63. The van der Waals surface area contributed by atoms with E-state index in [1.54, 1.807) is 4.68 Å². The summed E-state index contributed by atoms with van der Waals surface area (Å²) in [6.07, 6.45) is 1.45. The van der Waals surface area contributed by atoms with Crippen LogP contribution in [0.1, 0.15) is 22.7 Å². The molecule has 0 radical (unpaired) electrons. The second kappa shape index (κ2) is 8.51. The lowest BCUT2D eigenvalue weighted by Gasteiger charge is -2.15. The molecule has 7 nitrogen and oxygen atoms in total. The molecule has 0 bridgehead atoms. The van der Waals surface area contributed by atoms with Crippen molar-refractivity contribution in [3.05, 3.63) is 82.6 Å². The van der Waals surface area contributed by atoms with Crippen LogP contribution in [0.15, 0.2) is 65.8 Å². The van der Waals surface area contributed by atoms with E-state index < -0.39 is 11.8 Å². The molecule has 2 amide bonds. The van der Waals surface area contributed by atoms with Crippen molar-refractivity contribution in [3.63, 3.8) is 0 Å². The quantitative estimate of drug-likeness (QED) is 0.377. The van der Waals surface area contributed by atoms with E-state index >= 15 is 0 Å². The van der Waals surface area contributed by atoms with E-state index in [0.717, 1.165) is 11.3 Å². The van der Waals surface area contributed by atoms with Crippen LogP contribution in [0.5, 0.6) is 0 Å². The lowest BCUT2D eigenvalue weighted by Crippen LogP contribution is -2.34. The summed E-state index contributed by atoms with van der Waals surface area (Å²) >= 11 is 6.47. The monoisotopic (exact) mass is 421 g/mol. The maximum absolute atomic E-state index is 12.7. The van der Waals surface area contributed by atoms with Gasteiger partial charge in [0.25, 0.3) is 5.91 Å². The van der Waals surface area contributed by atoms with Gasteiger partial charge < -0.3 is 5.32 Å². The number of carbonyl (C=O) groups excluding carboxylic acids is 2. The van der Waals surface area contributed by atoms with Gasteiger partial charge in [-0.2, -0.15) is 10.2 Å². The van der Waals surface area contributed by atoms with E-state index in [9.17, 15) is 9.59 Å². The van der Waals surface area contributed by atoms with Crippen molar-refractivity contribution in [2.75, 3.05) is 6.54 Å². The lowest BCUT2D eigenvalue weighted by atomic mass is 9.88. The van der Waals surface area contributed by atoms with Crippen molar-refractivity contribution >= 4 is 29.6 Å². The minimum absolute atomic E-state index is 0.236. The first kappa shape index (κ1) is 19.8. The van der Waals surface area contributed by atoms with Crippen molar-refractivity contribution in [1.29, 1.82) is 0 Å². The maximum atomic E-state index is 12.7. The first-order chi connectivity index (χ1) is 14.6. The van der Waals surface area contributed by atoms with Gasteiger partial charge in [-0.1, -0.05) is 60.1 Å². The van der Waals surface area contributed by atoms with Crippen LogP contribution < -0.4 is 10.7 Å². The van der Waals surface area contributed by atoms with Gasteiger partial charge in [0.05, 0.1) is 23.2 Å². The van der Waals surface area contributed by atoms with Crippen LogP contribution in [0.2, 0.25) is 5.15 Å². The highest BCUT2D eigenvalue weighted by atomic mass is 35.5. The van der Waals surface area contributed by atoms with Crippen LogP contribution in [-0.2, 0) is 9.59 Å². The molecule has 30 heavy (non-hydrogen) atoms. The molecule has 152 valence electrons. The summed E-state index contributed by atoms with van der Waals surface area (Å²) in [4.78, 5) is 24.9. The molecule has 2 unspecified atom stereocenters. The zero-order chi connectivity index (χ0) is 21.1. The van der Waals surface area contributed by atoms with Gasteiger partial charge in [-0.3, -0.25) is 9.59 Å². The van der Waals surface area contributed by atoms with Crippen LogP contribution in [0, 0.1) is 12.8 Å². The molecule has 8 heteroatoms. The van der Waals surface area contributed by atoms with Crippen molar-refractivity contribution in [1.82, 2.24) is 20.5 Å². The van der Waals surface area contributed by atoms with Gasteiger partial charge in [-0.05, 0) is 24.6 Å². The molecular weight excluding hydrogens is 402 g/mol. The fourth-order valence-electron chi connectivity index (χ4n) is 3.56. The topological polar surface area (TPSA) is 88.4 Å². The van der Waals surface area contributed by atoms with Crippen LogP contribution in [0.4, 0.5) is 0 Å². The average Bonchev–Trinajstić information content (AvgIpc) is 3.29. The van der Waals surface area contributed by atoms with Gasteiger partial charge in [0, 0.05) is 12.5 Å². The molecule has 1 aromatic heterocycles. The first-order valence-corrected chi connectivity index (χ1v) is 9.90. The van der Waals surface area contributed by atoms with Gasteiger partial charge in [0.1, 0.15) is 11.1 Å². The van der Waals surface area contributed by atoms with Gasteiger partial charge in [0.15, 0.2) is 0 Å². The zero-order valence-corrected chi connectivity index (χ0v) is 17.0.